The minimum absolute atomic E-state index is 0.0624. The van der Waals surface area contributed by atoms with Crippen molar-refractivity contribution in [3.63, 3.8) is 0 Å². The molecule has 0 aliphatic rings. The zero-order chi connectivity index (χ0) is 10.1. The Bertz CT molecular complexity index is 401. The second kappa shape index (κ2) is 3.67. The van der Waals surface area contributed by atoms with Crippen molar-refractivity contribution in [3.05, 3.63) is 29.3 Å². The molecule has 0 bridgehead atoms. The molecule has 74 valence electrons. The zero-order valence-corrected chi connectivity index (χ0v) is 9.21. The van der Waals surface area contributed by atoms with Gasteiger partial charge in [0.1, 0.15) is 5.01 Å². The van der Waals surface area contributed by atoms with E-state index in [0.717, 1.165) is 10.5 Å². The van der Waals surface area contributed by atoms with Crippen molar-refractivity contribution in [1.82, 2.24) is 4.98 Å². The molecule has 2 nitrogen and oxygen atoms in total. The third-order valence-electron chi connectivity index (χ3n) is 2.31. The highest BCUT2D eigenvalue weighted by molar-refractivity contribution is 7.18. The molecule has 2 N–H and O–H groups in total. The van der Waals surface area contributed by atoms with Crippen LogP contribution in [0.25, 0.3) is 10.2 Å². The predicted octanol–water partition coefficient (Wildman–Crippen LogP) is 2.95. The molecule has 0 saturated carbocycles. The Labute approximate surface area is 87.8 Å². The van der Waals surface area contributed by atoms with Gasteiger partial charge >= 0.3 is 0 Å². The van der Waals surface area contributed by atoms with Gasteiger partial charge in [0.25, 0.3) is 0 Å². The molecule has 0 radical (unpaired) electrons. The first-order valence-corrected chi connectivity index (χ1v) is 5.61. The Morgan fingerprint density at radius 1 is 1.29 bits per heavy atom. The fraction of sp³-hybridized carbons (Fsp3) is 0.364. The first kappa shape index (κ1) is 9.62. The summed E-state index contributed by atoms with van der Waals surface area (Å²) >= 11 is 1.70. The number of nitrogens with zero attached hydrogens (tertiary/aromatic N) is 1. The minimum atomic E-state index is 0.0624. The van der Waals surface area contributed by atoms with E-state index in [0.29, 0.717) is 5.92 Å². The Balaban J connectivity index is 2.45. The number of aromatic nitrogens is 1. The Hall–Kier alpha value is -0.930. The third-order valence-corrected chi connectivity index (χ3v) is 3.45. The van der Waals surface area contributed by atoms with Gasteiger partial charge in [0.15, 0.2) is 0 Å². The number of rotatable bonds is 2. The van der Waals surface area contributed by atoms with E-state index in [2.05, 4.69) is 24.9 Å². The summed E-state index contributed by atoms with van der Waals surface area (Å²) < 4.78 is 1.22. The summed E-state index contributed by atoms with van der Waals surface area (Å²) in [6.45, 7) is 4.24. The Kier molecular flexibility index (Phi) is 2.52. The summed E-state index contributed by atoms with van der Waals surface area (Å²) in [5.74, 6) is 0.440. The van der Waals surface area contributed by atoms with Crippen LogP contribution in [0.4, 0.5) is 0 Å². The second-order valence-corrected chi connectivity index (χ2v) is 4.85. The topological polar surface area (TPSA) is 38.9 Å². The number of hydrogen-bond donors (Lipinski definition) is 1. The molecule has 0 unspecified atom stereocenters. The van der Waals surface area contributed by atoms with Crippen LogP contribution in [0.3, 0.4) is 0 Å². The number of hydrogen-bond acceptors (Lipinski definition) is 3. The molecule has 1 heterocycles. The molecule has 0 spiro atoms. The second-order valence-electron chi connectivity index (χ2n) is 3.79. The van der Waals surface area contributed by atoms with Gasteiger partial charge in [0.05, 0.1) is 16.3 Å². The van der Waals surface area contributed by atoms with Crippen molar-refractivity contribution in [2.75, 3.05) is 0 Å². The van der Waals surface area contributed by atoms with Crippen LogP contribution in [0.15, 0.2) is 24.3 Å². The fourth-order valence-electron chi connectivity index (χ4n) is 1.32. The minimum Gasteiger partial charge on any atom is -0.322 e. The molecule has 0 aliphatic carbocycles. The lowest BCUT2D eigenvalue weighted by atomic mass is 10.1. The third kappa shape index (κ3) is 1.65. The lowest BCUT2D eigenvalue weighted by Gasteiger charge is -2.11. The number of nitrogens with two attached hydrogens (primary N) is 1. The maximum atomic E-state index is 6.05. The van der Waals surface area contributed by atoms with E-state index in [1.807, 2.05) is 18.2 Å². The summed E-state index contributed by atoms with van der Waals surface area (Å²) in [4.78, 5) is 4.53. The highest BCUT2D eigenvalue weighted by Gasteiger charge is 2.14. The van der Waals surface area contributed by atoms with Crippen molar-refractivity contribution in [2.45, 2.75) is 19.9 Å². The van der Waals surface area contributed by atoms with Gasteiger partial charge in [-0.15, -0.1) is 11.3 Å². The molecule has 1 aromatic carbocycles. The average molecular weight is 206 g/mol. The standard InChI is InChI=1S/C11H14N2S/c1-7(2)10(12)11-13-8-5-3-4-6-9(8)14-11/h3-7,10H,12H2,1-2H3/t10-/m1/s1. The first-order valence-electron chi connectivity index (χ1n) is 4.79. The van der Waals surface area contributed by atoms with Crippen molar-refractivity contribution >= 4 is 21.6 Å². The molecule has 3 heteroatoms. The lowest BCUT2D eigenvalue weighted by Crippen LogP contribution is -2.16. The van der Waals surface area contributed by atoms with Crippen LogP contribution < -0.4 is 5.73 Å². The molecule has 0 aliphatic heterocycles. The highest BCUT2D eigenvalue weighted by atomic mass is 32.1. The van der Waals surface area contributed by atoms with Crippen LogP contribution in [-0.2, 0) is 0 Å². The van der Waals surface area contributed by atoms with Crippen molar-refractivity contribution in [1.29, 1.82) is 0 Å². The smallest absolute Gasteiger partial charge is 0.111 e. The van der Waals surface area contributed by atoms with Crippen molar-refractivity contribution in [2.24, 2.45) is 11.7 Å². The van der Waals surface area contributed by atoms with E-state index < -0.39 is 0 Å². The Morgan fingerprint density at radius 2 is 2.00 bits per heavy atom. The van der Waals surface area contributed by atoms with E-state index in [4.69, 9.17) is 5.73 Å². The summed E-state index contributed by atoms with van der Waals surface area (Å²) in [5.41, 5.74) is 7.11. The number of fused-ring (bicyclic) bond motifs is 1. The molecule has 1 atom stereocenters. The normalized spacial score (nSPS) is 13.7. The van der Waals surface area contributed by atoms with Crippen LogP contribution >= 0.6 is 11.3 Å². The van der Waals surface area contributed by atoms with E-state index >= 15 is 0 Å². The van der Waals surface area contributed by atoms with Gasteiger partial charge in [-0.2, -0.15) is 0 Å². The number of para-hydroxylation sites is 1. The van der Waals surface area contributed by atoms with Crippen LogP contribution in [0.2, 0.25) is 0 Å². The maximum Gasteiger partial charge on any atom is 0.111 e. The van der Waals surface area contributed by atoms with Gasteiger partial charge in [-0.3, -0.25) is 0 Å². The number of benzene rings is 1. The van der Waals surface area contributed by atoms with Crippen LogP contribution in [-0.4, -0.2) is 4.98 Å². The van der Waals surface area contributed by atoms with Crippen molar-refractivity contribution < 1.29 is 0 Å². The molecule has 0 fully saturated rings. The van der Waals surface area contributed by atoms with Gasteiger partial charge in [-0.05, 0) is 18.1 Å². The van der Waals surface area contributed by atoms with E-state index in [-0.39, 0.29) is 6.04 Å². The summed E-state index contributed by atoms with van der Waals surface area (Å²) in [6, 6.07) is 8.22. The maximum absolute atomic E-state index is 6.05. The van der Waals surface area contributed by atoms with Gasteiger partial charge < -0.3 is 5.73 Å². The molecular weight excluding hydrogens is 192 g/mol. The van der Waals surface area contributed by atoms with Gasteiger partial charge in [0, 0.05) is 0 Å². The molecule has 14 heavy (non-hydrogen) atoms. The summed E-state index contributed by atoms with van der Waals surface area (Å²) in [5, 5.41) is 1.04. The molecule has 1 aromatic heterocycles. The van der Waals surface area contributed by atoms with Crippen LogP contribution in [0, 0.1) is 5.92 Å². The van der Waals surface area contributed by atoms with E-state index in [1.54, 1.807) is 11.3 Å². The van der Waals surface area contributed by atoms with Gasteiger partial charge in [-0.25, -0.2) is 4.98 Å². The quantitative estimate of drug-likeness (QED) is 0.820. The molecule has 0 saturated heterocycles. The molecular formula is C11H14N2S. The molecule has 2 rings (SSSR count). The van der Waals surface area contributed by atoms with E-state index in [1.165, 1.54) is 4.70 Å². The highest BCUT2D eigenvalue weighted by Crippen LogP contribution is 2.28. The monoisotopic (exact) mass is 206 g/mol. The van der Waals surface area contributed by atoms with E-state index in [9.17, 15) is 0 Å². The largest absolute Gasteiger partial charge is 0.322 e. The van der Waals surface area contributed by atoms with Crippen molar-refractivity contribution in [3.8, 4) is 0 Å². The zero-order valence-electron chi connectivity index (χ0n) is 8.40. The lowest BCUT2D eigenvalue weighted by molar-refractivity contribution is 0.513. The van der Waals surface area contributed by atoms with Gasteiger partial charge in [-0.1, -0.05) is 26.0 Å². The predicted molar refractivity (Wildman–Crippen MR) is 61.4 cm³/mol. The summed E-state index contributed by atoms with van der Waals surface area (Å²) in [7, 11) is 0. The molecule has 0 amide bonds. The summed E-state index contributed by atoms with van der Waals surface area (Å²) in [6.07, 6.45) is 0. The first-order chi connectivity index (χ1) is 6.68. The molecule has 2 aromatic rings. The number of thiazole rings is 1. The SMILES string of the molecule is CC(C)[C@@H](N)c1nc2ccccc2s1. The van der Waals surface area contributed by atoms with Gasteiger partial charge in [0.2, 0.25) is 0 Å². The van der Waals surface area contributed by atoms with Crippen LogP contribution in [0.5, 0.6) is 0 Å². The fourth-order valence-corrected chi connectivity index (χ4v) is 2.46. The van der Waals surface area contributed by atoms with Crippen LogP contribution in [0.1, 0.15) is 24.9 Å². The Morgan fingerprint density at radius 3 is 2.64 bits per heavy atom. The average Bonchev–Trinajstić information content (AvgIpc) is 2.59.